The second-order valence-electron chi connectivity index (χ2n) is 4.09. The Morgan fingerprint density at radius 1 is 1.17 bits per heavy atom. The molecular weight excluding hydrogens is 248 g/mol. The fourth-order valence-corrected chi connectivity index (χ4v) is 2.16. The molecule has 0 saturated heterocycles. The zero-order valence-electron chi connectivity index (χ0n) is 10.4. The summed E-state index contributed by atoms with van der Waals surface area (Å²) in [5.41, 5.74) is 12.8. The van der Waals surface area contributed by atoms with Gasteiger partial charge < -0.3 is 16.2 Å². The lowest BCUT2D eigenvalue weighted by atomic mass is 9.96. The van der Waals surface area contributed by atoms with Crippen molar-refractivity contribution in [1.29, 1.82) is 0 Å². The molecule has 0 fully saturated rings. The minimum Gasteiger partial charge on any atom is -0.496 e. The third-order valence-corrected chi connectivity index (χ3v) is 3.00. The number of nitrogens with two attached hydrogens (primary N) is 2. The van der Waals surface area contributed by atoms with Crippen molar-refractivity contribution >= 4 is 23.2 Å². The third-order valence-electron chi connectivity index (χ3n) is 3.00. The van der Waals surface area contributed by atoms with Gasteiger partial charge in [-0.25, -0.2) is 0 Å². The lowest BCUT2D eigenvalue weighted by Crippen LogP contribution is -2.16. The quantitative estimate of drug-likeness (QED) is 0.894. The maximum Gasteiger partial charge on any atom is 0.124 e. The van der Waals surface area contributed by atoms with E-state index in [1.54, 1.807) is 7.11 Å². The molecule has 0 spiro atoms. The Balaban J connectivity index is 0.00000162. The van der Waals surface area contributed by atoms with Gasteiger partial charge >= 0.3 is 0 Å². The summed E-state index contributed by atoms with van der Waals surface area (Å²) in [7, 11) is 1.67. The van der Waals surface area contributed by atoms with Crippen LogP contribution < -0.4 is 16.2 Å². The monoisotopic (exact) mass is 266 g/mol. The maximum atomic E-state index is 6.19. The third kappa shape index (κ3) is 2.75. The van der Waals surface area contributed by atoms with Gasteiger partial charge in [0.25, 0.3) is 0 Å². The van der Waals surface area contributed by atoms with E-state index < -0.39 is 0 Å². The van der Waals surface area contributed by atoms with Crippen LogP contribution in [0.2, 0.25) is 0 Å². The van der Waals surface area contributed by atoms with E-state index in [1.807, 2.05) is 24.3 Å². The smallest absolute Gasteiger partial charge is 0.124 e. The van der Waals surface area contributed by atoms with Crippen LogP contribution in [0.25, 0.3) is 10.8 Å². The van der Waals surface area contributed by atoms with Crippen molar-refractivity contribution in [2.45, 2.75) is 12.5 Å². The number of methoxy groups -OCH3 is 1. The van der Waals surface area contributed by atoms with Gasteiger partial charge in [0.2, 0.25) is 0 Å². The van der Waals surface area contributed by atoms with Gasteiger partial charge in [-0.1, -0.05) is 30.3 Å². The first-order chi connectivity index (χ1) is 8.27. The van der Waals surface area contributed by atoms with Gasteiger partial charge in [-0.15, -0.1) is 12.4 Å². The molecule has 3 nitrogen and oxygen atoms in total. The summed E-state index contributed by atoms with van der Waals surface area (Å²) in [5, 5.41) is 2.32. The highest BCUT2D eigenvalue weighted by atomic mass is 35.5. The number of fused-ring (bicyclic) bond motifs is 1. The average Bonchev–Trinajstić information content (AvgIpc) is 2.37. The van der Waals surface area contributed by atoms with Crippen LogP contribution in [-0.4, -0.2) is 13.7 Å². The van der Waals surface area contributed by atoms with Crippen molar-refractivity contribution in [2.75, 3.05) is 13.7 Å². The van der Waals surface area contributed by atoms with Crippen LogP contribution >= 0.6 is 12.4 Å². The van der Waals surface area contributed by atoms with Gasteiger partial charge in [-0.05, 0) is 29.8 Å². The summed E-state index contributed by atoms with van der Waals surface area (Å²) >= 11 is 0. The van der Waals surface area contributed by atoms with Gasteiger partial charge in [-0.2, -0.15) is 0 Å². The number of ether oxygens (including phenoxy) is 1. The van der Waals surface area contributed by atoms with E-state index in [2.05, 4.69) is 12.1 Å². The molecule has 0 amide bonds. The standard InChI is InChI=1S/C14H18N2O.ClH/c1-17-13-7-6-10-4-2-3-5-11(10)14(13)12(16)8-9-15;/h2-7,12H,8-9,15-16H2,1H3;1H/t12-;/m0./s1. The second kappa shape index (κ2) is 6.59. The number of benzene rings is 2. The molecule has 2 aromatic carbocycles. The highest BCUT2D eigenvalue weighted by molar-refractivity contribution is 5.88. The number of halogens is 1. The van der Waals surface area contributed by atoms with Crippen LogP contribution in [0, 0.1) is 0 Å². The minimum absolute atomic E-state index is 0. The van der Waals surface area contributed by atoms with E-state index >= 15 is 0 Å². The molecule has 0 bridgehead atoms. The van der Waals surface area contributed by atoms with E-state index in [0.717, 1.165) is 23.1 Å². The maximum absolute atomic E-state index is 6.19. The molecule has 0 radical (unpaired) electrons. The highest BCUT2D eigenvalue weighted by Crippen LogP contribution is 2.33. The van der Waals surface area contributed by atoms with Crippen LogP contribution in [0.15, 0.2) is 36.4 Å². The van der Waals surface area contributed by atoms with Crippen LogP contribution in [0.1, 0.15) is 18.0 Å². The summed E-state index contributed by atoms with van der Waals surface area (Å²) in [6.45, 7) is 0.577. The van der Waals surface area contributed by atoms with Crippen molar-refractivity contribution in [1.82, 2.24) is 0 Å². The van der Waals surface area contributed by atoms with Crippen LogP contribution in [0.3, 0.4) is 0 Å². The molecule has 0 heterocycles. The fourth-order valence-electron chi connectivity index (χ4n) is 2.16. The SMILES string of the molecule is COc1ccc2ccccc2c1[C@@H](N)CCN.Cl. The molecule has 0 aliphatic rings. The molecule has 0 aliphatic heterocycles. The molecular formula is C14H19ClN2O. The molecule has 0 aromatic heterocycles. The van der Waals surface area contributed by atoms with Crippen LogP contribution in [0.5, 0.6) is 5.75 Å². The Bertz CT molecular complexity index is 516. The topological polar surface area (TPSA) is 61.3 Å². The molecule has 2 aromatic rings. The molecule has 2 rings (SSSR count). The van der Waals surface area contributed by atoms with Crippen molar-refractivity contribution in [2.24, 2.45) is 11.5 Å². The Labute approximate surface area is 114 Å². The van der Waals surface area contributed by atoms with E-state index in [0.29, 0.717) is 6.54 Å². The zero-order valence-corrected chi connectivity index (χ0v) is 11.2. The summed E-state index contributed by atoms with van der Waals surface area (Å²) in [5.74, 6) is 0.838. The summed E-state index contributed by atoms with van der Waals surface area (Å²) in [6, 6.07) is 12.1. The van der Waals surface area contributed by atoms with Crippen LogP contribution in [-0.2, 0) is 0 Å². The largest absolute Gasteiger partial charge is 0.496 e. The van der Waals surface area contributed by atoms with Crippen molar-refractivity contribution < 1.29 is 4.74 Å². The Morgan fingerprint density at radius 3 is 2.56 bits per heavy atom. The molecule has 98 valence electrons. The second-order valence-corrected chi connectivity index (χ2v) is 4.09. The van der Waals surface area contributed by atoms with Crippen molar-refractivity contribution in [3.63, 3.8) is 0 Å². The van der Waals surface area contributed by atoms with Crippen molar-refractivity contribution in [3.05, 3.63) is 42.0 Å². The number of rotatable bonds is 4. The minimum atomic E-state index is -0.0824. The Kier molecular flexibility index (Phi) is 5.41. The summed E-state index contributed by atoms with van der Waals surface area (Å²) in [6.07, 6.45) is 0.754. The van der Waals surface area contributed by atoms with E-state index in [1.165, 1.54) is 5.39 Å². The normalized spacial score (nSPS) is 11.9. The molecule has 0 saturated carbocycles. The van der Waals surface area contributed by atoms with Gasteiger partial charge in [0, 0.05) is 11.6 Å². The summed E-state index contributed by atoms with van der Waals surface area (Å²) < 4.78 is 5.40. The fraction of sp³-hybridized carbons (Fsp3) is 0.286. The molecule has 0 aliphatic carbocycles. The molecule has 18 heavy (non-hydrogen) atoms. The molecule has 1 atom stereocenters. The van der Waals surface area contributed by atoms with E-state index in [9.17, 15) is 0 Å². The van der Waals surface area contributed by atoms with Crippen molar-refractivity contribution in [3.8, 4) is 5.75 Å². The first-order valence-electron chi connectivity index (χ1n) is 5.79. The van der Waals surface area contributed by atoms with Gasteiger partial charge in [0.1, 0.15) is 5.75 Å². The number of hydrogen-bond acceptors (Lipinski definition) is 3. The Morgan fingerprint density at radius 2 is 1.89 bits per heavy atom. The lowest BCUT2D eigenvalue weighted by molar-refractivity contribution is 0.405. The predicted molar refractivity (Wildman–Crippen MR) is 78.3 cm³/mol. The molecule has 4 N–H and O–H groups in total. The molecule has 4 heteroatoms. The van der Waals surface area contributed by atoms with Crippen LogP contribution in [0.4, 0.5) is 0 Å². The predicted octanol–water partition coefficient (Wildman–Crippen LogP) is 2.62. The van der Waals surface area contributed by atoms with Gasteiger partial charge in [0.15, 0.2) is 0 Å². The Hall–Kier alpha value is -1.29. The molecule has 0 unspecified atom stereocenters. The van der Waals surface area contributed by atoms with E-state index in [4.69, 9.17) is 16.2 Å². The highest BCUT2D eigenvalue weighted by Gasteiger charge is 2.14. The summed E-state index contributed by atoms with van der Waals surface area (Å²) in [4.78, 5) is 0. The average molecular weight is 267 g/mol. The van der Waals surface area contributed by atoms with Gasteiger partial charge in [-0.3, -0.25) is 0 Å². The first-order valence-corrected chi connectivity index (χ1v) is 5.79. The van der Waals surface area contributed by atoms with E-state index in [-0.39, 0.29) is 18.4 Å². The first kappa shape index (κ1) is 14.8. The number of hydrogen-bond donors (Lipinski definition) is 2. The lowest BCUT2D eigenvalue weighted by Gasteiger charge is -2.17. The van der Waals surface area contributed by atoms with Gasteiger partial charge in [0.05, 0.1) is 7.11 Å². The zero-order chi connectivity index (χ0) is 12.3.